The van der Waals surface area contributed by atoms with Crippen molar-refractivity contribution in [2.45, 2.75) is 6.61 Å². The van der Waals surface area contributed by atoms with Crippen molar-refractivity contribution in [3.63, 3.8) is 0 Å². The smallest absolute Gasteiger partial charge is 0.328 e. The number of carbonyl (C=O) groups is 1. The molecule has 0 aliphatic heterocycles. The third-order valence-corrected chi connectivity index (χ3v) is 2.95. The molecular formula is C17H15FO4. The zero-order valence-electron chi connectivity index (χ0n) is 12.0. The summed E-state index contributed by atoms with van der Waals surface area (Å²) in [6.07, 6.45) is 2.49. The van der Waals surface area contributed by atoms with Crippen molar-refractivity contribution in [3.8, 4) is 11.5 Å². The van der Waals surface area contributed by atoms with Gasteiger partial charge in [0.2, 0.25) is 0 Å². The van der Waals surface area contributed by atoms with Crippen LogP contribution in [0.5, 0.6) is 11.5 Å². The highest BCUT2D eigenvalue weighted by molar-refractivity contribution is 5.85. The first-order chi connectivity index (χ1) is 10.6. The van der Waals surface area contributed by atoms with Crippen molar-refractivity contribution >= 4 is 12.0 Å². The van der Waals surface area contributed by atoms with Gasteiger partial charge in [-0.15, -0.1) is 0 Å². The standard InChI is InChI=1S/C17H15FO4/c1-21-16-10-12(7-9-17(19)20)6-8-15(16)22-11-13-4-2-3-5-14(13)18/h2-10H,11H2,1H3,(H,19,20)/b9-7-. The predicted octanol–water partition coefficient (Wildman–Crippen LogP) is 3.51. The maximum Gasteiger partial charge on any atom is 0.328 e. The molecule has 0 saturated heterocycles. The molecule has 0 aliphatic carbocycles. The summed E-state index contributed by atoms with van der Waals surface area (Å²) in [5.74, 6) is -0.455. The summed E-state index contributed by atoms with van der Waals surface area (Å²) in [5.41, 5.74) is 1.11. The summed E-state index contributed by atoms with van der Waals surface area (Å²) in [6, 6.07) is 11.4. The van der Waals surface area contributed by atoms with E-state index in [1.165, 1.54) is 19.3 Å². The molecule has 2 rings (SSSR count). The van der Waals surface area contributed by atoms with Crippen LogP contribution >= 0.6 is 0 Å². The number of rotatable bonds is 6. The number of hydrogen-bond acceptors (Lipinski definition) is 3. The second kappa shape index (κ2) is 7.26. The molecule has 0 aliphatic rings. The van der Waals surface area contributed by atoms with Crippen molar-refractivity contribution in [3.05, 3.63) is 65.5 Å². The number of hydrogen-bond donors (Lipinski definition) is 1. The van der Waals surface area contributed by atoms with Crippen LogP contribution in [0.4, 0.5) is 4.39 Å². The molecule has 4 nitrogen and oxygen atoms in total. The van der Waals surface area contributed by atoms with E-state index in [-0.39, 0.29) is 12.4 Å². The number of aliphatic carboxylic acids is 1. The fraction of sp³-hybridized carbons (Fsp3) is 0.118. The quantitative estimate of drug-likeness (QED) is 0.830. The van der Waals surface area contributed by atoms with Gasteiger partial charge in [0.1, 0.15) is 12.4 Å². The summed E-state index contributed by atoms with van der Waals surface area (Å²) in [4.78, 5) is 10.5. The van der Waals surface area contributed by atoms with E-state index >= 15 is 0 Å². The molecule has 0 atom stereocenters. The highest BCUT2D eigenvalue weighted by atomic mass is 19.1. The van der Waals surface area contributed by atoms with Crippen LogP contribution < -0.4 is 9.47 Å². The molecule has 0 saturated carbocycles. The topological polar surface area (TPSA) is 55.8 Å². The Morgan fingerprint density at radius 3 is 2.68 bits per heavy atom. The van der Waals surface area contributed by atoms with Gasteiger partial charge in [-0.25, -0.2) is 9.18 Å². The Bertz CT molecular complexity index is 695. The van der Waals surface area contributed by atoms with E-state index in [0.29, 0.717) is 22.6 Å². The van der Waals surface area contributed by atoms with E-state index in [1.54, 1.807) is 36.4 Å². The van der Waals surface area contributed by atoms with Gasteiger partial charge in [0.15, 0.2) is 11.5 Å². The molecule has 0 amide bonds. The predicted molar refractivity (Wildman–Crippen MR) is 80.4 cm³/mol. The summed E-state index contributed by atoms with van der Waals surface area (Å²) in [5, 5.41) is 8.61. The number of methoxy groups -OCH3 is 1. The van der Waals surface area contributed by atoms with Gasteiger partial charge in [0.05, 0.1) is 7.11 Å². The average Bonchev–Trinajstić information content (AvgIpc) is 2.52. The first-order valence-electron chi connectivity index (χ1n) is 6.55. The van der Waals surface area contributed by atoms with Crippen LogP contribution in [0.3, 0.4) is 0 Å². The van der Waals surface area contributed by atoms with E-state index in [0.717, 1.165) is 6.08 Å². The van der Waals surface area contributed by atoms with Crippen LogP contribution in [0.1, 0.15) is 11.1 Å². The van der Waals surface area contributed by atoms with E-state index in [2.05, 4.69) is 0 Å². The molecule has 2 aromatic rings. The summed E-state index contributed by atoms with van der Waals surface area (Å²) in [7, 11) is 1.48. The van der Waals surface area contributed by atoms with Gasteiger partial charge < -0.3 is 14.6 Å². The zero-order valence-corrected chi connectivity index (χ0v) is 12.0. The number of carboxylic acid groups (broad SMARTS) is 1. The Hall–Kier alpha value is -2.82. The molecule has 0 unspecified atom stereocenters. The lowest BCUT2D eigenvalue weighted by atomic mass is 10.2. The van der Waals surface area contributed by atoms with Gasteiger partial charge in [-0.2, -0.15) is 0 Å². The number of benzene rings is 2. The van der Waals surface area contributed by atoms with Gasteiger partial charge in [-0.05, 0) is 29.8 Å². The molecule has 2 aromatic carbocycles. The van der Waals surface area contributed by atoms with Gasteiger partial charge in [-0.3, -0.25) is 0 Å². The van der Waals surface area contributed by atoms with E-state index in [4.69, 9.17) is 14.6 Å². The summed E-state index contributed by atoms with van der Waals surface area (Å²) >= 11 is 0. The minimum absolute atomic E-state index is 0.0767. The van der Waals surface area contributed by atoms with Crippen molar-refractivity contribution in [2.24, 2.45) is 0 Å². The Kier molecular flexibility index (Phi) is 5.14. The minimum Gasteiger partial charge on any atom is -0.493 e. The fourth-order valence-corrected chi connectivity index (χ4v) is 1.85. The van der Waals surface area contributed by atoms with Crippen LogP contribution in [0, 0.1) is 5.82 Å². The summed E-state index contributed by atoms with van der Waals surface area (Å²) < 4.78 is 24.3. The monoisotopic (exact) mass is 302 g/mol. The average molecular weight is 302 g/mol. The van der Waals surface area contributed by atoms with Crippen molar-refractivity contribution in [2.75, 3.05) is 7.11 Å². The van der Waals surface area contributed by atoms with Gasteiger partial charge in [-0.1, -0.05) is 24.3 Å². The molecule has 0 spiro atoms. The Balaban J connectivity index is 2.14. The van der Waals surface area contributed by atoms with Gasteiger partial charge in [0.25, 0.3) is 0 Å². The van der Waals surface area contributed by atoms with Crippen LogP contribution in [0.2, 0.25) is 0 Å². The zero-order chi connectivity index (χ0) is 15.9. The van der Waals surface area contributed by atoms with Gasteiger partial charge >= 0.3 is 5.97 Å². The number of ether oxygens (including phenoxy) is 2. The van der Waals surface area contributed by atoms with E-state index in [1.807, 2.05) is 0 Å². The Morgan fingerprint density at radius 2 is 2.00 bits per heavy atom. The maximum absolute atomic E-state index is 13.5. The van der Waals surface area contributed by atoms with Crippen LogP contribution in [0.15, 0.2) is 48.5 Å². The molecule has 114 valence electrons. The molecular weight excluding hydrogens is 287 g/mol. The Labute approximate surface area is 127 Å². The number of halogens is 1. The summed E-state index contributed by atoms with van der Waals surface area (Å²) in [6.45, 7) is 0.0767. The van der Waals surface area contributed by atoms with Crippen LogP contribution in [-0.2, 0) is 11.4 Å². The highest BCUT2D eigenvalue weighted by Crippen LogP contribution is 2.29. The third kappa shape index (κ3) is 4.09. The van der Waals surface area contributed by atoms with Crippen LogP contribution in [-0.4, -0.2) is 18.2 Å². The SMILES string of the molecule is COc1cc(/C=C\C(=O)O)ccc1OCc1ccccc1F. The molecule has 5 heteroatoms. The molecule has 22 heavy (non-hydrogen) atoms. The second-order valence-corrected chi connectivity index (χ2v) is 4.46. The Morgan fingerprint density at radius 1 is 1.23 bits per heavy atom. The normalized spacial score (nSPS) is 10.6. The fourth-order valence-electron chi connectivity index (χ4n) is 1.85. The molecule has 0 fully saturated rings. The number of carboxylic acids is 1. The molecule has 0 bridgehead atoms. The molecule has 0 heterocycles. The van der Waals surface area contributed by atoms with E-state index in [9.17, 15) is 9.18 Å². The lowest BCUT2D eigenvalue weighted by Gasteiger charge is -2.11. The minimum atomic E-state index is -1.03. The lowest BCUT2D eigenvalue weighted by Crippen LogP contribution is -2.00. The van der Waals surface area contributed by atoms with Crippen LogP contribution in [0.25, 0.3) is 6.08 Å². The lowest BCUT2D eigenvalue weighted by molar-refractivity contribution is -0.131. The largest absolute Gasteiger partial charge is 0.493 e. The van der Waals surface area contributed by atoms with Gasteiger partial charge in [0, 0.05) is 11.6 Å². The van der Waals surface area contributed by atoms with Crippen molar-refractivity contribution in [1.82, 2.24) is 0 Å². The first kappa shape index (κ1) is 15.6. The molecule has 0 aromatic heterocycles. The first-order valence-corrected chi connectivity index (χ1v) is 6.55. The maximum atomic E-state index is 13.5. The van der Waals surface area contributed by atoms with E-state index < -0.39 is 5.97 Å². The van der Waals surface area contributed by atoms with Crippen molar-refractivity contribution in [1.29, 1.82) is 0 Å². The van der Waals surface area contributed by atoms with Crippen molar-refractivity contribution < 1.29 is 23.8 Å². The highest BCUT2D eigenvalue weighted by Gasteiger charge is 2.07. The third-order valence-electron chi connectivity index (χ3n) is 2.95. The molecule has 1 N–H and O–H groups in total. The molecule has 0 radical (unpaired) electrons. The second-order valence-electron chi connectivity index (χ2n) is 4.46.